The SMILES string of the molecule is O=[N+]([O-])c1ccc(N2CCCC2CC(F)(F)F)cc1. The highest BCUT2D eigenvalue weighted by Crippen LogP contribution is 2.33. The number of rotatable bonds is 3. The normalized spacial score (nSPS) is 19.7. The number of anilines is 1. The average molecular weight is 274 g/mol. The van der Waals surface area contributed by atoms with Crippen LogP contribution in [0.3, 0.4) is 0 Å². The van der Waals surface area contributed by atoms with Gasteiger partial charge in [0.05, 0.1) is 11.3 Å². The summed E-state index contributed by atoms with van der Waals surface area (Å²) < 4.78 is 37.4. The molecule has 1 aromatic rings. The van der Waals surface area contributed by atoms with E-state index in [1.165, 1.54) is 24.3 Å². The first kappa shape index (κ1) is 13.6. The van der Waals surface area contributed by atoms with Crippen LogP contribution in [0, 0.1) is 10.1 Å². The van der Waals surface area contributed by atoms with E-state index in [0.29, 0.717) is 25.1 Å². The largest absolute Gasteiger partial charge is 0.391 e. The van der Waals surface area contributed by atoms with Gasteiger partial charge in [-0.2, -0.15) is 13.2 Å². The molecule has 4 nitrogen and oxygen atoms in total. The van der Waals surface area contributed by atoms with Crippen LogP contribution in [-0.4, -0.2) is 23.7 Å². The van der Waals surface area contributed by atoms with Gasteiger partial charge in [-0.3, -0.25) is 10.1 Å². The highest BCUT2D eigenvalue weighted by Gasteiger charge is 2.37. The van der Waals surface area contributed by atoms with Crippen molar-refractivity contribution in [2.24, 2.45) is 0 Å². The molecule has 1 aromatic carbocycles. The first-order valence-electron chi connectivity index (χ1n) is 5.95. The summed E-state index contributed by atoms with van der Waals surface area (Å²) in [6.45, 7) is 0.554. The molecule has 0 bridgehead atoms. The van der Waals surface area contributed by atoms with Gasteiger partial charge in [-0.1, -0.05) is 0 Å². The minimum atomic E-state index is -4.19. The summed E-state index contributed by atoms with van der Waals surface area (Å²) >= 11 is 0. The number of benzene rings is 1. The molecular weight excluding hydrogens is 261 g/mol. The molecule has 0 saturated carbocycles. The topological polar surface area (TPSA) is 46.4 Å². The van der Waals surface area contributed by atoms with E-state index in [9.17, 15) is 23.3 Å². The number of non-ortho nitro benzene ring substituents is 1. The highest BCUT2D eigenvalue weighted by molar-refractivity contribution is 5.52. The van der Waals surface area contributed by atoms with Crippen LogP contribution in [0.15, 0.2) is 24.3 Å². The minimum Gasteiger partial charge on any atom is -0.368 e. The standard InChI is InChI=1S/C12H13F3N2O2/c13-12(14,15)8-11-2-1-7-16(11)9-3-5-10(6-4-9)17(18)19/h3-6,11H,1-2,7-8H2. The van der Waals surface area contributed by atoms with Crippen molar-refractivity contribution in [3.05, 3.63) is 34.4 Å². The smallest absolute Gasteiger partial charge is 0.368 e. The molecule has 0 spiro atoms. The lowest BCUT2D eigenvalue weighted by Gasteiger charge is -2.27. The molecule has 7 heteroatoms. The maximum atomic E-state index is 12.5. The quantitative estimate of drug-likeness (QED) is 0.626. The minimum absolute atomic E-state index is 0.0599. The number of hydrogen-bond acceptors (Lipinski definition) is 3. The molecule has 1 fully saturated rings. The maximum absolute atomic E-state index is 12.5. The molecule has 1 unspecified atom stereocenters. The Morgan fingerprint density at radius 2 is 1.95 bits per heavy atom. The highest BCUT2D eigenvalue weighted by atomic mass is 19.4. The third kappa shape index (κ3) is 3.36. The monoisotopic (exact) mass is 274 g/mol. The van der Waals surface area contributed by atoms with Crippen molar-refractivity contribution in [1.82, 2.24) is 0 Å². The zero-order valence-electron chi connectivity index (χ0n) is 10.1. The molecule has 1 aliphatic rings. The van der Waals surface area contributed by atoms with Crippen molar-refractivity contribution < 1.29 is 18.1 Å². The van der Waals surface area contributed by atoms with Crippen molar-refractivity contribution in [2.75, 3.05) is 11.4 Å². The van der Waals surface area contributed by atoms with Crippen LogP contribution in [-0.2, 0) is 0 Å². The Kier molecular flexibility index (Phi) is 3.64. The number of nitro groups is 1. The lowest BCUT2D eigenvalue weighted by atomic mass is 10.1. The van der Waals surface area contributed by atoms with Crippen LogP contribution in [0.2, 0.25) is 0 Å². The molecule has 0 amide bonds. The summed E-state index contributed by atoms with van der Waals surface area (Å²) in [7, 11) is 0. The average Bonchev–Trinajstić information content (AvgIpc) is 2.75. The van der Waals surface area contributed by atoms with Crippen molar-refractivity contribution in [3.8, 4) is 0 Å². The van der Waals surface area contributed by atoms with E-state index in [1.807, 2.05) is 0 Å². The van der Waals surface area contributed by atoms with Gasteiger partial charge in [0, 0.05) is 30.4 Å². The third-order valence-electron chi connectivity index (χ3n) is 3.24. The molecule has 0 aromatic heterocycles. The molecule has 0 radical (unpaired) electrons. The molecule has 1 atom stereocenters. The molecule has 2 rings (SSSR count). The Morgan fingerprint density at radius 3 is 2.47 bits per heavy atom. The van der Waals surface area contributed by atoms with E-state index in [1.54, 1.807) is 4.90 Å². The molecular formula is C12H13F3N2O2. The Labute approximate surface area is 108 Å². The van der Waals surface area contributed by atoms with Crippen molar-refractivity contribution in [3.63, 3.8) is 0 Å². The van der Waals surface area contributed by atoms with Gasteiger partial charge in [-0.05, 0) is 25.0 Å². The Hall–Kier alpha value is -1.79. The van der Waals surface area contributed by atoms with Crippen LogP contribution in [0.4, 0.5) is 24.5 Å². The van der Waals surface area contributed by atoms with E-state index >= 15 is 0 Å². The van der Waals surface area contributed by atoms with Crippen LogP contribution < -0.4 is 4.90 Å². The maximum Gasteiger partial charge on any atom is 0.391 e. The van der Waals surface area contributed by atoms with Crippen LogP contribution in [0.5, 0.6) is 0 Å². The molecule has 1 aliphatic heterocycles. The number of nitrogens with zero attached hydrogens (tertiary/aromatic N) is 2. The Morgan fingerprint density at radius 1 is 1.32 bits per heavy atom. The fourth-order valence-electron chi connectivity index (χ4n) is 2.42. The second kappa shape index (κ2) is 5.07. The zero-order valence-corrected chi connectivity index (χ0v) is 10.1. The first-order valence-corrected chi connectivity index (χ1v) is 5.95. The first-order chi connectivity index (χ1) is 8.87. The van der Waals surface area contributed by atoms with Gasteiger partial charge in [-0.25, -0.2) is 0 Å². The van der Waals surface area contributed by atoms with Gasteiger partial charge < -0.3 is 4.90 Å². The predicted octanol–water partition coefficient (Wildman–Crippen LogP) is 3.52. The van der Waals surface area contributed by atoms with Crippen molar-refractivity contribution >= 4 is 11.4 Å². The van der Waals surface area contributed by atoms with Gasteiger partial charge in [0.2, 0.25) is 0 Å². The third-order valence-corrected chi connectivity index (χ3v) is 3.24. The van der Waals surface area contributed by atoms with E-state index < -0.39 is 23.6 Å². The zero-order chi connectivity index (χ0) is 14.0. The van der Waals surface area contributed by atoms with Gasteiger partial charge in [0.15, 0.2) is 0 Å². The fraction of sp³-hybridized carbons (Fsp3) is 0.500. The van der Waals surface area contributed by atoms with E-state index in [2.05, 4.69) is 0 Å². The van der Waals surface area contributed by atoms with E-state index in [0.717, 1.165) is 0 Å². The second-order valence-electron chi connectivity index (χ2n) is 4.58. The Balaban J connectivity index is 2.13. The van der Waals surface area contributed by atoms with Crippen LogP contribution in [0.1, 0.15) is 19.3 Å². The molecule has 1 heterocycles. The summed E-state index contributed by atoms with van der Waals surface area (Å²) in [6, 6.07) is 5.08. The van der Waals surface area contributed by atoms with Crippen LogP contribution >= 0.6 is 0 Å². The van der Waals surface area contributed by atoms with Crippen molar-refractivity contribution in [1.29, 1.82) is 0 Å². The van der Waals surface area contributed by atoms with Gasteiger partial charge in [-0.15, -0.1) is 0 Å². The summed E-state index contributed by atoms with van der Waals surface area (Å²) in [6.07, 6.45) is -3.83. The number of alkyl halides is 3. The molecule has 0 N–H and O–H groups in total. The van der Waals surface area contributed by atoms with Crippen molar-refractivity contribution in [2.45, 2.75) is 31.5 Å². The molecule has 1 saturated heterocycles. The fourth-order valence-corrected chi connectivity index (χ4v) is 2.42. The summed E-state index contributed by atoms with van der Waals surface area (Å²) in [5.74, 6) is 0. The lowest BCUT2D eigenvalue weighted by molar-refractivity contribution is -0.384. The van der Waals surface area contributed by atoms with E-state index in [-0.39, 0.29) is 5.69 Å². The predicted molar refractivity (Wildman–Crippen MR) is 64.1 cm³/mol. The second-order valence-corrected chi connectivity index (χ2v) is 4.58. The number of hydrogen-bond donors (Lipinski definition) is 0. The summed E-state index contributed by atoms with van der Waals surface area (Å²) in [5.41, 5.74) is 0.549. The van der Waals surface area contributed by atoms with Gasteiger partial charge in [0.1, 0.15) is 0 Å². The van der Waals surface area contributed by atoms with Gasteiger partial charge in [0.25, 0.3) is 5.69 Å². The number of nitro benzene ring substituents is 1. The molecule has 104 valence electrons. The summed E-state index contributed by atoms with van der Waals surface area (Å²) in [4.78, 5) is 11.7. The van der Waals surface area contributed by atoms with Gasteiger partial charge >= 0.3 is 6.18 Å². The summed E-state index contributed by atoms with van der Waals surface area (Å²) in [5, 5.41) is 10.5. The lowest BCUT2D eigenvalue weighted by Crippen LogP contribution is -2.33. The molecule has 19 heavy (non-hydrogen) atoms. The van der Waals surface area contributed by atoms with E-state index in [4.69, 9.17) is 0 Å². The number of halogens is 3. The van der Waals surface area contributed by atoms with Crippen LogP contribution in [0.25, 0.3) is 0 Å². The molecule has 0 aliphatic carbocycles. The Bertz CT molecular complexity index is 459.